The number of piperidine rings is 1. The minimum atomic E-state index is -1.17. The van der Waals surface area contributed by atoms with Crippen molar-refractivity contribution in [2.75, 3.05) is 4.90 Å². The van der Waals surface area contributed by atoms with Crippen LogP contribution in [0, 0.1) is 5.92 Å². The molecular weight excluding hydrogens is 260 g/mol. The quantitative estimate of drug-likeness (QED) is 0.656. The normalized spacial score (nSPS) is 27.4. The summed E-state index contributed by atoms with van der Waals surface area (Å²) in [7, 11) is 0. The number of carbonyl (C=O) groups excluding carboxylic acids is 1. The van der Waals surface area contributed by atoms with E-state index in [0.29, 0.717) is 12.0 Å². The molecule has 2 fully saturated rings. The van der Waals surface area contributed by atoms with Crippen molar-refractivity contribution in [3.8, 4) is 0 Å². The average molecular weight is 274 g/mol. The standard InChI is InChI=1S/C14H14N2O4/c17-13(18)3-4-14(19)20-12-7-9-6-11(9)16(12)10-2-1-5-15-8-10/h1-5,8-9,11-12H,6-7H2,(H,17,18)/b4-3+. The van der Waals surface area contributed by atoms with Crippen molar-refractivity contribution in [2.45, 2.75) is 25.1 Å². The van der Waals surface area contributed by atoms with Crippen molar-refractivity contribution in [1.29, 1.82) is 0 Å². The zero-order chi connectivity index (χ0) is 14.1. The Morgan fingerprint density at radius 2 is 2.25 bits per heavy atom. The van der Waals surface area contributed by atoms with Gasteiger partial charge in [0, 0.05) is 30.8 Å². The molecule has 2 aliphatic rings. The third-order valence-electron chi connectivity index (χ3n) is 3.62. The number of rotatable bonds is 4. The summed E-state index contributed by atoms with van der Waals surface area (Å²) < 4.78 is 5.34. The van der Waals surface area contributed by atoms with Gasteiger partial charge in [0.15, 0.2) is 6.23 Å². The second kappa shape index (κ2) is 4.96. The van der Waals surface area contributed by atoms with Gasteiger partial charge in [-0.3, -0.25) is 4.98 Å². The zero-order valence-electron chi connectivity index (χ0n) is 10.7. The Kier molecular flexibility index (Phi) is 3.14. The lowest BCUT2D eigenvalue weighted by atomic mass is 10.3. The molecule has 1 aromatic rings. The third kappa shape index (κ3) is 2.49. The molecule has 2 heterocycles. The number of ether oxygens (including phenoxy) is 1. The van der Waals surface area contributed by atoms with Crippen LogP contribution in [0.1, 0.15) is 12.8 Å². The highest BCUT2D eigenvalue weighted by Gasteiger charge is 2.53. The zero-order valence-corrected chi connectivity index (χ0v) is 10.7. The molecule has 0 amide bonds. The lowest BCUT2D eigenvalue weighted by Gasteiger charge is -2.28. The van der Waals surface area contributed by atoms with E-state index in [1.54, 1.807) is 12.4 Å². The van der Waals surface area contributed by atoms with Crippen LogP contribution in [0.2, 0.25) is 0 Å². The molecule has 0 spiro atoms. The third-order valence-corrected chi connectivity index (χ3v) is 3.62. The molecule has 1 N–H and O–H groups in total. The van der Waals surface area contributed by atoms with Gasteiger partial charge in [0.1, 0.15) is 0 Å². The van der Waals surface area contributed by atoms with E-state index >= 15 is 0 Å². The average Bonchev–Trinajstić information content (AvgIpc) is 3.09. The smallest absolute Gasteiger partial charge is 0.332 e. The van der Waals surface area contributed by atoms with E-state index in [-0.39, 0.29) is 6.23 Å². The Hall–Kier alpha value is -2.37. The van der Waals surface area contributed by atoms with E-state index in [1.165, 1.54) is 0 Å². The number of carbonyl (C=O) groups is 2. The number of hydrogen-bond acceptors (Lipinski definition) is 5. The van der Waals surface area contributed by atoms with Gasteiger partial charge in [-0.15, -0.1) is 0 Å². The Bertz CT molecular complexity index is 558. The maximum absolute atomic E-state index is 11.6. The van der Waals surface area contributed by atoms with Crippen LogP contribution in [0.4, 0.5) is 5.69 Å². The number of carboxylic acid groups (broad SMARTS) is 1. The number of hydrogen-bond donors (Lipinski definition) is 1. The molecule has 6 nitrogen and oxygen atoms in total. The first-order valence-corrected chi connectivity index (χ1v) is 6.45. The second-order valence-corrected chi connectivity index (χ2v) is 4.98. The van der Waals surface area contributed by atoms with Crippen molar-refractivity contribution in [1.82, 2.24) is 4.98 Å². The number of aliphatic carboxylic acids is 1. The highest BCUT2D eigenvalue weighted by Crippen LogP contribution is 2.49. The van der Waals surface area contributed by atoms with Gasteiger partial charge in [-0.25, -0.2) is 9.59 Å². The van der Waals surface area contributed by atoms with Crippen molar-refractivity contribution in [2.24, 2.45) is 5.92 Å². The molecule has 20 heavy (non-hydrogen) atoms. The Labute approximate surface area is 115 Å². The molecule has 1 saturated heterocycles. The fourth-order valence-corrected chi connectivity index (χ4v) is 2.69. The van der Waals surface area contributed by atoms with Gasteiger partial charge in [-0.05, 0) is 24.5 Å². The largest absolute Gasteiger partial charge is 0.478 e. The fourth-order valence-electron chi connectivity index (χ4n) is 2.69. The maximum atomic E-state index is 11.6. The van der Waals surface area contributed by atoms with Crippen molar-refractivity contribution >= 4 is 17.6 Å². The Balaban J connectivity index is 1.70. The van der Waals surface area contributed by atoms with Gasteiger partial charge in [0.25, 0.3) is 0 Å². The summed E-state index contributed by atoms with van der Waals surface area (Å²) in [5.74, 6) is -1.25. The van der Waals surface area contributed by atoms with Gasteiger partial charge in [-0.1, -0.05) is 0 Å². The number of esters is 1. The summed E-state index contributed by atoms with van der Waals surface area (Å²) in [5.41, 5.74) is 0.928. The monoisotopic (exact) mass is 274 g/mol. The van der Waals surface area contributed by atoms with Crippen molar-refractivity contribution in [3.63, 3.8) is 0 Å². The second-order valence-electron chi connectivity index (χ2n) is 4.98. The van der Waals surface area contributed by atoms with Gasteiger partial charge in [0.05, 0.1) is 11.9 Å². The highest BCUT2D eigenvalue weighted by atomic mass is 16.6. The number of anilines is 1. The molecular formula is C14H14N2O4. The van der Waals surface area contributed by atoms with Gasteiger partial charge >= 0.3 is 11.9 Å². The summed E-state index contributed by atoms with van der Waals surface area (Å²) in [6.07, 6.45) is 6.71. The van der Waals surface area contributed by atoms with Crippen LogP contribution in [-0.4, -0.2) is 34.3 Å². The van der Waals surface area contributed by atoms with Crippen LogP contribution in [0.3, 0.4) is 0 Å². The molecule has 1 aliphatic heterocycles. The van der Waals surface area contributed by atoms with Crippen LogP contribution in [0.15, 0.2) is 36.7 Å². The van der Waals surface area contributed by atoms with Crippen LogP contribution >= 0.6 is 0 Å². The van der Waals surface area contributed by atoms with Crippen LogP contribution in [0.5, 0.6) is 0 Å². The summed E-state index contributed by atoms with van der Waals surface area (Å²) in [6, 6.07) is 4.18. The van der Waals surface area contributed by atoms with Crippen LogP contribution < -0.4 is 4.90 Å². The molecule has 0 bridgehead atoms. The highest BCUT2D eigenvalue weighted by molar-refractivity contribution is 5.90. The van der Waals surface area contributed by atoms with Gasteiger partial charge in [-0.2, -0.15) is 0 Å². The summed E-state index contributed by atoms with van der Waals surface area (Å²) in [6.45, 7) is 0. The van der Waals surface area contributed by atoms with E-state index in [0.717, 1.165) is 30.7 Å². The summed E-state index contributed by atoms with van der Waals surface area (Å²) >= 11 is 0. The SMILES string of the molecule is O=C(O)/C=C/C(=O)OC1CC2CC2N1c1cccnc1. The molecule has 1 saturated carbocycles. The molecule has 0 radical (unpaired) electrons. The molecule has 3 unspecified atom stereocenters. The molecule has 0 aromatic carbocycles. The predicted molar refractivity (Wildman–Crippen MR) is 69.9 cm³/mol. The maximum Gasteiger partial charge on any atom is 0.332 e. The first-order valence-electron chi connectivity index (χ1n) is 6.45. The number of aromatic nitrogens is 1. The van der Waals surface area contributed by atoms with Crippen LogP contribution in [-0.2, 0) is 14.3 Å². The van der Waals surface area contributed by atoms with Crippen LogP contribution in [0.25, 0.3) is 0 Å². The minimum absolute atomic E-state index is 0.339. The van der Waals surface area contributed by atoms with E-state index < -0.39 is 11.9 Å². The molecule has 104 valence electrons. The van der Waals surface area contributed by atoms with E-state index in [2.05, 4.69) is 9.88 Å². The van der Waals surface area contributed by atoms with Gasteiger partial charge < -0.3 is 14.7 Å². The first-order chi connectivity index (χ1) is 9.65. The molecule has 3 rings (SSSR count). The van der Waals surface area contributed by atoms with Gasteiger partial charge in [0.2, 0.25) is 0 Å². The van der Waals surface area contributed by atoms with E-state index in [1.807, 2.05) is 12.1 Å². The number of fused-ring (bicyclic) bond motifs is 1. The number of pyridine rings is 1. The molecule has 6 heteroatoms. The summed E-state index contributed by atoms with van der Waals surface area (Å²) in [4.78, 5) is 28.1. The topological polar surface area (TPSA) is 79.7 Å². The van der Waals surface area contributed by atoms with Crippen molar-refractivity contribution < 1.29 is 19.4 Å². The predicted octanol–water partition coefficient (Wildman–Crippen LogP) is 1.19. The Morgan fingerprint density at radius 3 is 2.95 bits per heavy atom. The Morgan fingerprint density at radius 1 is 1.40 bits per heavy atom. The van der Waals surface area contributed by atoms with Crippen molar-refractivity contribution in [3.05, 3.63) is 36.7 Å². The summed E-state index contributed by atoms with van der Waals surface area (Å²) in [5, 5.41) is 8.49. The number of carboxylic acids is 1. The molecule has 1 aliphatic carbocycles. The first kappa shape index (κ1) is 12.7. The number of nitrogens with zero attached hydrogens (tertiary/aromatic N) is 2. The van der Waals surface area contributed by atoms with E-state index in [9.17, 15) is 9.59 Å². The van der Waals surface area contributed by atoms with E-state index in [4.69, 9.17) is 9.84 Å². The minimum Gasteiger partial charge on any atom is -0.478 e. The molecule has 1 aromatic heterocycles. The lowest BCUT2D eigenvalue weighted by molar-refractivity contribution is -0.143. The lowest BCUT2D eigenvalue weighted by Crippen LogP contribution is -2.36. The molecule has 3 atom stereocenters. The fraction of sp³-hybridized carbons (Fsp3) is 0.357.